The van der Waals surface area contributed by atoms with E-state index in [9.17, 15) is 14.7 Å². The van der Waals surface area contributed by atoms with E-state index in [4.69, 9.17) is 9.47 Å². The van der Waals surface area contributed by atoms with Crippen LogP contribution in [0, 0.1) is 6.92 Å². The number of carboxylic acid groups (broad SMARTS) is 1. The van der Waals surface area contributed by atoms with E-state index in [-0.39, 0.29) is 11.7 Å². The van der Waals surface area contributed by atoms with Crippen LogP contribution < -0.4 is 20.1 Å². The van der Waals surface area contributed by atoms with Crippen LogP contribution in [0.2, 0.25) is 0 Å². The van der Waals surface area contributed by atoms with Gasteiger partial charge in [0.1, 0.15) is 23.9 Å². The third-order valence-electron chi connectivity index (χ3n) is 6.52. The highest BCUT2D eigenvalue weighted by Crippen LogP contribution is 2.46. The number of aldehydes is 1. The van der Waals surface area contributed by atoms with Crippen LogP contribution in [-0.2, 0) is 4.79 Å². The number of anilines is 1. The first-order valence-corrected chi connectivity index (χ1v) is 12.8. The second-order valence-corrected chi connectivity index (χ2v) is 9.17. The van der Waals surface area contributed by atoms with Crippen molar-refractivity contribution in [3.63, 3.8) is 0 Å². The summed E-state index contributed by atoms with van der Waals surface area (Å²) >= 11 is 0. The Morgan fingerprint density at radius 3 is 2.59 bits per heavy atom. The lowest BCUT2D eigenvalue weighted by atomic mass is 9.82. The summed E-state index contributed by atoms with van der Waals surface area (Å²) < 4.78 is 12.4. The predicted octanol–water partition coefficient (Wildman–Crippen LogP) is 5.50. The molecule has 4 rings (SSSR count). The van der Waals surface area contributed by atoms with Crippen LogP contribution in [0.25, 0.3) is 5.57 Å². The number of rotatable bonds is 11. The van der Waals surface area contributed by atoms with Gasteiger partial charge >= 0.3 is 5.97 Å². The molecule has 2 aromatic carbocycles. The van der Waals surface area contributed by atoms with Crippen LogP contribution in [0.3, 0.4) is 0 Å². The minimum Gasteiger partial charge on any atom is -0.494 e. The van der Waals surface area contributed by atoms with Crippen LogP contribution in [0.1, 0.15) is 60.7 Å². The third kappa shape index (κ3) is 5.40. The van der Waals surface area contributed by atoms with Gasteiger partial charge in [-0.15, -0.1) is 0 Å². The first kappa shape index (κ1) is 26.1. The van der Waals surface area contributed by atoms with Crippen molar-refractivity contribution in [2.75, 3.05) is 25.0 Å². The van der Waals surface area contributed by atoms with Gasteiger partial charge in [-0.2, -0.15) is 0 Å². The highest BCUT2D eigenvalue weighted by molar-refractivity contribution is 6.00. The highest BCUT2D eigenvalue weighted by Gasteiger charge is 2.33. The number of fused-ring (bicyclic) bond motifs is 2. The zero-order valence-corrected chi connectivity index (χ0v) is 21.8. The Bertz CT molecular complexity index is 1310. The van der Waals surface area contributed by atoms with Gasteiger partial charge in [-0.25, -0.2) is 4.79 Å². The Hall–Kier alpha value is -4.00. The van der Waals surface area contributed by atoms with Crippen LogP contribution in [-0.4, -0.2) is 43.2 Å². The molecule has 3 N–H and O–H groups in total. The Balaban J connectivity index is 1.94. The summed E-state index contributed by atoms with van der Waals surface area (Å²) in [6, 6.07) is 9.10. The van der Waals surface area contributed by atoms with Crippen molar-refractivity contribution in [2.45, 2.75) is 46.6 Å². The number of carbonyl (C=O) groups excluding carboxylic acids is 1. The molecule has 0 saturated heterocycles. The molecule has 2 aromatic rings. The van der Waals surface area contributed by atoms with Gasteiger partial charge in [-0.1, -0.05) is 0 Å². The van der Waals surface area contributed by atoms with E-state index in [0.29, 0.717) is 36.5 Å². The topological polar surface area (TPSA) is 96.9 Å². The number of unbranched alkanes of at least 4 members (excludes halogenated alkanes) is 1. The fraction of sp³-hybridized carbons (Fsp3) is 0.333. The van der Waals surface area contributed by atoms with Crippen molar-refractivity contribution in [3.05, 3.63) is 81.6 Å². The second-order valence-electron chi connectivity index (χ2n) is 9.17. The maximum atomic E-state index is 12.4. The largest absolute Gasteiger partial charge is 0.494 e. The summed E-state index contributed by atoms with van der Waals surface area (Å²) in [5.41, 5.74) is 7.41. The molecule has 1 atom stereocenters. The Labute approximate surface area is 217 Å². The summed E-state index contributed by atoms with van der Waals surface area (Å²) in [5.74, 6) is 0.241. The fourth-order valence-corrected chi connectivity index (χ4v) is 4.78. The number of likely N-dealkylation sites (N-methyl/N-ethyl adjacent to an activating group) is 1. The molecule has 1 aliphatic heterocycles. The van der Waals surface area contributed by atoms with Gasteiger partial charge in [-0.05, 0) is 81.7 Å². The van der Waals surface area contributed by atoms with Crippen LogP contribution in [0.5, 0.6) is 11.5 Å². The Morgan fingerprint density at radius 1 is 1.11 bits per heavy atom. The van der Waals surface area contributed by atoms with Crippen LogP contribution >= 0.6 is 0 Å². The second kappa shape index (κ2) is 11.4. The maximum absolute atomic E-state index is 12.4. The van der Waals surface area contributed by atoms with E-state index in [1.54, 1.807) is 18.2 Å². The first-order valence-electron chi connectivity index (χ1n) is 12.8. The summed E-state index contributed by atoms with van der Waals surface area (Å²) in [4.78, 5) is 23.0. The zero-order chi connectivity index (χ0) is 26.5. The van der Waals surface area contributed by atoms with Gasteiger partial charge in [0.25, 0.3) is 0 Å². The van der Waals surface area contributed by atoms with Gasteiger partial charge in [0.2, 0.25) is 0 Å². The smallest absolute Gasteiger partial charge is 0.336 e. The number of hydrogen-bond acceptors (Lipinski definition) is 6. The maximum Gasteiger partial charge on any atom is 0.336 e. The summed E-state index contributed by atoms with van der Waals surface area (Å²) in [5, 5.41) is 16.9. The number of hydrogen-bond donors (Lipinski definition) is 3. The predicted molar refractivity (Wildman–Crippen MR) is 145 cm³/mol. The normalized spacial score (nSPS) is 16.1. The molecular formula is C30H34N2O5. The number of ether oxygens (including phenoxy) is 2. The third-order valence-corrected chi connectivity index (χ3v) is 6.52. The average molecular weight is 503 g/mol. The van der Waals surface area contributed by atoms with Crippen molar-refractivity contribution in [1.29, 1.82) is 0 Å². The van der Waals surface area contributed by atoms with Crippen molar-refractivity contribution in [2.24, 2.45) is 0 Å². The lowest BCUT2D eigenvalue weighted by molar-refractivity contribution is -0.108. The van der Waals surface area contributed by atoms with E-state index >= 15 is 0 Å². The van der Waals surface area contributed by atoms with E-state index in [0.717, 1.165) is 58.6 Å². The molecule has 37 heavy (non-hydrogen) atoms. The quantitative estimate of drug-likeness (QED) is 0.276. The van der Waals surface area contributed by atoms with Crippen molar-refractivity contribution in [1.82, 2.24) is 5.32 Å². The number of carbonyl (C=O) groups is 2. The molecule has 0 radical (unpaired) electrons. The number of carboxylic acids is 1. The summed E-state index contributed by atoms with van der Waals surface area (Å²) in [6.07, 6.45) is 5.64. The number of aryl methyl sites for hydroxylation is 1. The van der Waals surface area contributed by atoms with E-state index < -0.39 is 5.97 Å². The van der Waals surface area contributed by atoms with Crippen LogP contribution in [0.15, 0.2) is 59.3 Å². The lowest BCUT2D eigenvalue weighted by Crippen LogP contribution is -2.29. The molecule has 0 bridgehead atoms. The minimum absolute atomic E-state index is 0.190. The SMILES string of the molecule is CCNC1=C[C@@H]2Oc3cc(NCC)c(C)cc3C(c3cc(OCCCC=O)ccc3C(=O)O)=C2C=C1C. The van der Waals surface area contributed by atoms with E-state index in [1.165, 1.54) is 0 Å². The lowest BCUT2D eigenvalue weighted by Gasteiger charge is -2.33. The molecule has 7 heteroatoms. The van der Waals surface area contributed by atoms with Gasteiger partial charge in [0.15, 0.2) is 0 Å². The first-order chi connectivity index (χ1) is 17.9. The minimum atomic E-state index is -1.01. The molecule has 0 saturated carbocycles. The number of nitrogens with one attached hydrogen (secondary N) is 2. The summed E-state index contributed by atoms with van der Waals surface area (Å²) in [6.45, 7) is 10.1. The van der Waals surface area contributed by atoms with E-state index in [2.05, 4.69) is 28.9 Å². The van der Waals surface area contributed by atoms with Crippen LogP contribution in [0.4, 0.5) is 5.69 Å². The van der Waals surface area contributed by atoms with E-state index in [1.807, 2.05) is 33.8 Å². The standard InChI is InChI=1S/C30H34N2O5/c1-5-31-25-16-27-23(13-18(25)3)29(24-14-19(4)26(32-6-2)17-28(24)37-27)22-15-20(36-12-8-7-11-33)9-10-21(22)30(34)35/h9-11,13-17,27,31-32H,5-8,12H2,1-4H3,(H,34,35)/t27-/m0/s1. The monoisotopic (exact) mass is 502 g/mol. The molecule has 194 valence electrons. The molecule has 2 aliphatic rings. The average Bonchev–Trinajstić information content (AvgIpc) is 2.87. The van der Waals surface area contributed by atoms with Gasteiger partial charge in [-0.3, -0.25) is 0 Å². The molecule has 1 aliphatic carbocycles. The molecular weight excluding hydrogens is 468 g/mol. The fourth-order valence-electron chi connectivity index (χ4n) is 4.78. The zero-order valence-electron chi connectivity index (χ0n) is 21.8. The molecule has 0 spiro atoms. The highest BCUT2D eigenvalue weighted by atomic mass is 16.5. The molecule has 0 fully saturated rings. The van der Waals surface area contributed by atoms with Crippen molar-refractivity contribution < 1.29 is 24.2 Å². The van der Waals surface area contributed by atoms with Gasteiger partial charge < -0.3 is 30.0 Å². The summed E-state index contributed by atoms with van der Waals surface area (Å²) in [7, 11) is 0. The Morgan fingerprint density at radius 2 is 1.89 bits per heavy atom. The molecule has 1 heterocycles. The van der Waals surface area contributed by atoms with Gasteiger partial charge in [0, 0.05) is 59.2 Å². The van der Waals surface area contributed by atoms with Crippen molar-refractivity contribution >= 4 is 23.5 Å². The molecule has 7 nitrogen and oxygen atoms in total. The van der Waals surface area contributed by atoms with Gasteiger partial charge in [0.05, 0.1) is 12.2 Å². The molecule has 0 unspecified atom stereocenters. The Kier molecular flexibility index (Phi) is 8.01. The molecule has 0 amide bonds. The number of aromatic carboxylic acids is 1. The number of allylic oxidation sites excluding steroid dienone is 1. The molecule has 0 aromatic heterocycles. The van der Waals surface area contributed by atoms with Crippen molar-refractivity contribution in [3.8, 4) is 11.5 Å². The number of benzene rings is 2.